The Morgan fingerprint density at radius 3 is 2.67 bits per heavy atom. The van der Waals surface area contributed by atoms with Crippen LogP contribution in [0.25, 0.3) is 10.9 Å². The quantitative estimate of drug-likeness (QED) is 0.604. The van der Waals surface area contributed by atoms with E-state index in [-0.39, 0.29) is 0 Å². The minimum Gasteiger partial charge on any atom is -0.200 e. The van der Waals surface area contributed by atoms with Gasteiger partial charge >= 0.3 is 0 Å². The van der Waals surface area contributed by atoms with Gasteiger partial charge in [-0.15, -0.1) is 0 Å². The van der Waals surface area contributed by atoms with Crippen LogP contribution in [0.15, 0.2) is 41.0 Å². The van der Waals surface area contributed by atoms with Gasteiger partial charge in [-0.2, -0.15) is 0 Å². The van der Waals surface area contributed by atoms with Crippen molar-refractivity contribution in [3.63, 3.8) is 0 Å². The first-order valence-corrected chi connectivity index (χ1v) is 4.61. The fraction of sp³-hybridized carbons (Fsp3) is 0.100. The molecule has 2 heteroatoms. The second-order valence-corrected chi connectivity index (χ2v) is 3.65. The number of benzene rings is 1. The van der Waals surface area contributed by atoms with Crippen molar-refractivity contribution in [1.29, 1.82) is 0 Å². The van der Waals surface area contributed by atoms with Crippen molar-refractivity contribution >= 4 is 26.8 Å². The van der Waals surface area contributed by atoms with Crippen LogP contribution in [0.4, 0.5) is 0 Å². The molecule has 0 fully saturated rings. The maximum atomic E-state index is 3.53. The van der Waals surface area contributed by atoms with Crippen molar-refractivity contribution < 1.29 is 4.57 Å². The summed E-state index contributed by atoms with van der Waals surface area (Å²) in [5.74, 6) is 0. The second-order valence-electron chi connectivity index (χ2n) is 2.80. The number of fused-ring (bicyclic) bond motifs is 1. The lowest BCUT2D eigenvalue weighted by atomic mass is 10.2. The molecule has 2 rings (SSSR count). The maximum Gasteiger partial charge on any atom is 0.226 e. The van der Waals surface area contributed by atoms with Crippen LogP contribution in [0, 0.1) is 0 Å². The zero-order chi connectivity index (χ0) is 8.55. The van der Waals surface area contributed by atoms with Gasteiger partial charge in [-0.3, -0.25) is 0 Å². The molecule has 0 aliphatic carbocycles. The van der Waals surface area contributed by atoms with Gasteiger partial charge in [0.1, 0.15) is 7.05 Å². The van der Waals surface area contributed by atoms with Gasteiger partial charge in [-0.05, 0) is 34.1 Å². The molecule has 0 aliphatic heterocycles. The highest BCUT2D eigenvalue weighted by molar-refractivity contribution is 9.10. The SMILES string of the molecule is C[n+]1cccc2cccc(Br)c21. The molecule has 1 aromatic heterocycles. The third-order valence-corrected chi connectivity index (χ3v) is 2.60. The number of hydrogen-bond donors (Lipinski definition) is 0. The Balaban J connectivity index is 2.96. The number of rotatable bonds is 0. The minimum atomic E-state index is 1.14. The van der Waals surface area contributed by atoms with Crippen molar-refractivity contribution in [1.82, 2.24) is 0 Å². The van der Waals surface area contributed by atoms with E-state index in [0.29, 0.717) is 0 Å². The number of halogens is 1. The molecule has 0 saturated carbocycles. The Bertz CT molecular complexity index is 386. The number of aryl methyl sites for hydroxylation is 1. The van der Waals surface area contributed by atoms with Crippen LogP contribution in [0.2, 0.25) is 0 Å². The summed E-state index contributed by atoms with van der Waals surface area (Å²) in [5, 5.41) is 1.26. The lowest BCUT2D eigenvalue weighted by Gasteiger charge is -1.96. The van der Waals surface area contributed by atoms with Gasteiger partial charge < -0.3 is 0 Å². The fourth-order valence-electron chi connectivity index (χ4n) is 1.39. The summed E-state index contributed by atoms with van der Waals surface area (Å²) in [5.41, 5.74) is 1.24. The molecule has 1 aromatic carbocycles. The number of nitrogens with zero attached hydrogens (tertiary/aromatic N) is 1. The van der Waals surface area contributed by atoms with Crippen LogP contribution in [-0.2, 0) is 7.05 Å². The fourth-order valence-corrected chi connectivity index (χ4v) is 2.05. The average Bonchev–Trinajstić information content (AvgIpc) is 2.04. The molecule has 0 amide bonds. The van der Waals surface area contributed by atoms with Gasteiger partial charge in [0.2, 0.25) is 5.52 Å². The normalized spacial score (nSPS) is 10.5. The van der Waals surface area contributed by atoms with E-state index in [0.717, 1.165) is 4.47 Å². The molecule has 0 unspecified atom stereocenters. The highest BCUT2D eigenvalue weighted by Gasteiger charge is 2.06. The highest BCUT2D eigenvalue weighted by atomic mass is 79.9. The lowest BCUT2D eigenvalue weighted by Crippen LogP contribution is -2.28. The number of para-hydroxylation sites is 1. The van der Waals surface area contributed by atoms with Crippen molar-refractivity contribution in [3.05, 3.63) is 41.0 Å². The van der Waals surface area contributed by atoms with Gasteiger partial charge in [0.25, 0.3) is 0 Å². The Labute approximate surface area is 79.8 Å². The predicted octanol–water partition coefficient (Wildman–Crippen LogP) is 2.43. The summed E-state index contributed by atoms with van der Waals surface area (Å²) in [6, 6.07) is 10.4. The van der Waals surface area contributed by atoms with E-state index in [1.165, 1.54) is 10.9 Å². The van der Waals surface area contributed by atoms with Gasteiger partial charge in [-0.1, -0.05) is 6.07 Å². The molecule has 0 radical (unpaired) electrons. The first-order chi connectivity index (χ1) is 5.79. The molecule has 0 bridgehead atoms. The second kappa shape index (κ2) is 2.87. The van der Waals surface area contributed by atoms with Crippen molar-refractivity contribution in [3.8, 4) is 0 Å². The minimum absolute atomic E-state index is 1.14. The third kappa shape index (κ3) is 1.12. The predicted molar refractivity (Wildman–Crippen MR) is 52.8 cm³/mol. The van der Waals surface area contributed by atoms with E-state index in [1.54, 1.807) is 0 Å². The summed E-state index contributed by atoms with van der Waals surface area (Å²) in [6.45, 7) is 0. The van der Waals surface area contributed by atoms with E-state index in [1.807, 2.05) is 19.3 Å². The van der Waals surface area contributed by atoms with Crippen LogP contribution >= 0.6 is 15.9 Å². The summed E-state index contributed by atoms with van der Waals surface area (Å²) >= 11 is 3.53. The summed E-state index contributed by atoms with van der Waals surface area (Å²) in [4.78, 5) is 0. The molecule has 0 spiro atoms. The Kier molecular flexibility index (Phi) is 1.85. The third-order valence-electron chi connectivity index (χ3n) is 1.96. The van der Waals surface area contributed by atoms with Crippen LogP contribution in [0.1, 0.15) is 0 Å². The van der Waals surface area contributed by atoms with E-state index in [9.17, 15) is 0 Å². The van der Waals surface area contributed by atoms with Crippen LogP contribution < -0.4 is 4.57 Å². The molecule has 2 aromatic rings. The first kappa shape index (κ1) is 7.74. The average molecular weight is 223 g/mol. The van der Waals surface area contributed by atoms with Crippen molar-refractivity contribution in [2.75, 3.05) is 0 Å². The van der Waals surface area contributed by atoms with Crippen LogP contribution in [0.3, 0.4) is 0 Å². The standard InChI is InChI=1S/C10H9BrN/c1-12-7-3-5-8-4-2-6-9(11)10(8)12/h2-7H,1H3/q+1. The largest absolute Gasteiger partial charge is 0.226 e. The van der Waals surface area contributed by atoms with E-state index >= 15 is 0 Å². The number of hydrogen-bond acceptors (Lipinski definition) is 0. The highest BCUT2D eigenvalue weighted by Crippen LogP contribution is 2.19. The summed E-state index contributed by atoms with van der Waals surface area (Å²) < 4.78 is 3.25. The molecule has 0 N–H and O–H groups in total. The van der Waals surface area contributed by atoms with Gasteiger partial charge in [-0.25, -0.2) is 4.57 Å². The monoisotopic (exact) mass is 222 g/mol. The van der Waals surface area contributed by atoms with E-state index in [2.05, 4.69) is 44.8 Å². The molecule has 0 saturated heterocycles. The zero-order valence-electron chi connectivity index (χ0n) is 6.79. The van der Waals surface area contributed by atoms with Gasteiger partial charge in [0.15, 0.2) is 6.20 Å². The molecule has 1 heterocycles. The topological polar surface area (TPSA) is 3.88 Å². The lowest BCUT2D eigenvalue weighted by molar-refractivity contribution is -0.645. The van der Waals surface area contributed by atoms with Crippen molar-refractivity contribution in [2.45, 2.75) is 0 Å². The summed E-state index contributed by atoms with van der Waals surface area (Å²) in [7, 11) is 2.05. The Hall–Kier alpha value is -0.890. The molecular formula is C10H9BrN+. The molecule has 0 atom stereocenters. The van der Waals surface area contributed by atoms with Crippen molar-refractivity contribution in [2.24, 2.45) is 7.05 Å². The number of aromatic nitrogens is 1. The van der Waals surface area contributed by atoms with Gasteiger partial charge in [0.05, 0.1) is 4.47 Å². The van der Waals surface area contributed by atoms with Crippen LogP contribution in [-0.4, -0.2) is 0 Å². The smallest absolute Gasteiger partial charge is 0.200 e. The molecule has 60 valence electrons. The maximum absolute atomic E-state index is 3.53. The summed E-state index contributed by atoms with van der Waals surface area (Å²) in [6.07, 6.45) is 2.05. The number of pyridine rings is 1. The molecular weight excluding hydrogens is 214 g/mol. The molecule has 1 nitrogen and oxygen atoms in total. The molecule has 0 aliphatic rings. The Morgan fingerprint density at radius 2 is 1.92 bits per heavy atom. The van der Waals surface area contributed by atoms with Crippen LogP contribution in [0.5, 0.6) is 0 Å². The van der Waals surface area contributed by atoms with Gasteiger partial charge in [0, 0.05) is 11.5 Å². The van der Waals surface area contributed by atoms with E-state index < -0.39 is 0 Å². The molecule has 12 heavy (non-hydrogen) atoms. The first-order valence-electron chi connectivity index (χ1n) is 3.82. The zero-order valence-corrected chi connectivity index (χ0v) is 8.38. The van der Waals surface area contributed by atoms with E-state index in [4.69, 9.17) is 0 Å². The Morgan fingerprint density at radius 1 is 1.17 bits per heavy atom.